The second-order valence-electron chi connectivity index (χ2n) is 8.09. The fraction of sp³-hybridized carbons (Fsp3) is 0.455. The lowest BCUT2D eigenvalue weighted by Gasteiger charge is -2.31. The first kappa shape index (κ1) is 20.0. The van der Waals surface area contributed by atoms with E-state index in [0.29, 0.717) is 23.4 Å². The normalized spacial score (nSPS) is 18.7. The second kappa shape index (κ2) is 7.70. The van der Waals surface area contributed by atoms with Crippen LogP contribution in [0.15, 0.2) is 38.9 Å². The molecule has 6 heteroatoms. The van der Waals surface area contributed by atoms with Gasteiger partial charge >= 0.3 is 11.6 Å². The van der Waals surface area contributed by atoms with E-state index in [-0.39, 0.29) is 17.6 Å². The van der Waals surface area contributed by atoms with Crippen molar-refractivity contribution in [2.45, 2.75) is 46.1 Å². The van der Waals surface area contributed by atoms with E-state index in [1.807, 2.05) is 50.9 Å². The summed E-state index contributed by atoms with van der Waals surface area (Å²) >= 11 is 0. The zero-order valence-corrected chi connectivity index (χ0v) is 17.1. The van der Waals surface area contributed by atoms with E-state index >= 15 is 0 Å². The molecule has 6 nitrogen and oxygen atoms in total. The average molecular weight is 385 g/mol. The lowest BCUT2D eigenvalue weighted by molar-refractivity contribution is -0.149. The summed E-state index contributed by atoms with van der Waals surface area (Å²) in [7, 11) is 3.48. The largest absolute Gasteiger partial charge is 0.493 e. The van der Waals surface area contributed by atoms with Gasteiger partial charge in [-0.15, -0.1) is 0 Å². The number of anilines is 1. The Morgan fingerprint density at radius 1 is 1.25 bits per heavy atom. The quantitative estimate of drug-likeness (QED) is 0.740. The molecule has 0 amide bonds. The molecule has 0 saturated carbocycles. The Bertz CT molecular complexity index is 1010. The number of esters is 1. The van der Waals surface area contributed by atoms with Gasteiger partial charge in [0.05, 0.1) is 24.3 Å². The molecule has 28 heavy (non-hydrogen) atoms. The van der Waals surface area contributed by atoms with Gasteiger partial charge in [-0.25, -0.2) is 4.79 Å². The van der Waals surface area contributed by atoms with Crippen molar-refractivity contribution in [2.24, 2.45) is 5.41 Å². The first-order chi connectivity index (χ1) is 13.2. The Balaban J connectivity index is 1.92. The fourth-order valence-corrected chi connectivity index (χ4v) is 3.23. The molecule has 3 rings (SSSR count). The number of nitrogens with zero attached hydrogens (tertiary/aromatic N) is 1. The predicted octanol–water partition coefficient (Wildman–Crippen LogP) is 2.21. The van der Waals surface area contributed by atoms with Crippen LogP contribution in [-0.2, 0) is 14.3 Å². The van der Waals surface area contributed by atoms with Crippen LogP contribution in [0.25, 0.3) is 12.2 Å². The molecular formula is C22H27NO5. The lowest BCUT2D eigenvalue weighted by atomic mass is 9.97. The van der Waals surface area contributed by atoms with Crippen molar-refractivity contribution in [3.05, 3.63) is 50.8 Å². The van der Waals surface area contributed by atoms with Crippen LogP contribution in [0.5, 0.6) is 0 Å². The van der Waals surface area contributed by atoms with Crippen molar-refractivity contribution >= 4 is 23.8 Å². The molecule has 1 unspecified atom stereocenters. The highest BCUT2D eigenvalue weighted by atomic mass is 16.6. The molecule has 0 saturated heterocycles. The highest BCUT2D eigenvalue weighted by Crippen LogP contribution is 2.28. The van der Waals surface area contributed by atoms with Crippen LogP contribution in [0.2, 0.25) is 0 Å². The minimum absolute atomic E-state index is 0.0945. The van der Waals surface area contributed by atoms with Crippen LogP contribution in [0, 0.1) is 5.41 Å². The monoisotopic (exact) mass is 385 g/mol. The maximum Gasteiger partial charge on any atom is 0.338 e. The summed E-state index contributed by atoms with van der Waals surface area (Å²) in [6.07, 6.45) is 10.1. The van der Waals surface area contributed by atoms with Gasteiger partial charge in [0.1, 0.15) is 5.42 Å². The third-order valence-corrected chi connectivity index (χ3v) is 4.92. The number of rotatable bonds is 4. The van der Waals surface area contributed by atoms with Crippen molar-refractivity contribution in [1.82, 2.24) is 0 Å². The van der Waals surface area contributed by atoms with Crippen LogP contribution >= 0.6 is 0 Å². The van der Waals surface area contributed by atoms with Gasteiger partial charge in [-0.3, -0.25) is 4.79 Å². The number of likely N-dealkylation sites (N-methyl/N-ethyl adjacent to an activating group) is 1. The van der Waals surface area contributed by atoms with E-state index in [9.17, 15) is 9.59 Å². The zero-order valence-electron chi connectivity index (χ0n) is 17.1. The summed E-state index contributed by atoms with van der Waals surface area (Å²) < 4.78 is 16.4. The van der Waals surface area contributed by atoms with E-state index in [2.05, 4.69) is 6.08 Å². The van der Waals surface area contributed by atoms with Gasteiger partial charge in [0.2, 0.25) is 0 Å². The number of carbonyl (C=O) groups is 1. The summed E-state index contributed by atoms with van der Waals surface area (Å²) in [6.45, 7) is 5.44. The molecule has 0 N–H and O–H groups in total. The number of allylic oxidation sites excluding steroid dienone is 1. The van der Waals surface area contributed by atoms with E-state index in [1.54, 1.807) is 7.11 Å². The first-order valence-electron chi connectivity index (χ1n) is 9.45. The fourth-order valence-electron chi connectivity index (χ4n) is 3.23. The first-order valence-corrected chi connectivity index (χ1v) is 9.45. The van der Waals surface area contributed by atoms with Crippen molar-refractivity contribution < 1.29 is 18.7 Å². The smallest absolute Gasteiger partial charge is 0.338 e. The molecule has 0 spiro atoms. The third kappa shape index (κ3) is 4.06. The Morgan fingerprint density at radius 2 is 1.96 bits per heavy atom. The number of methoxy groups -OCH3 is 1. The molecule has 0 bridgehead atoms. The van der Waals surface area contributed by atoms with E-state index in [4.69, 9.17) is 13.9 Å². The van der Waals surface area contributed by atoms with E-state index < -0.39 is 5.41 Å². The van der Waals surface area contributed by atoms with Crippen molar-refractivity contribution in [3.8, 4) is 0 Å². The molecule has 2 aliphatic carbocycles. The third-order valence-electron chi connectivity index (χ3n) is 4.92. The summed E-state index contributed by atoms with van der Waals surface area (Å²) in [5, 5.41) is 0.927. The standard InChI is InChI=1S/C22H27NO5/c1-22(2,3)21(25)28-19-12-14(10-11-18(19)26-5)23(4)16-13-20(24)27-17-9-7-6-8-15(16)17/h8-11,13-14H,6-7,12H2,1-5H3. The predicted molar refractivity (Wildman–Crippen MR) is 108 cm³/mol. The molecule has 0 aliphatic heterocycles. The summed E-state index contributed by atoms with van der Waals surface area (Å²) in [4.78, 5) is 26.4. The molecule has 0 fully saturated rings. The Labute approximate surface area is 164 Å². The molecular weight excluding hydrogens is 358 g/mol. The lowest BCUT2D eigenvalue weighted by Crippen LogP contribution is -2.41. The summed E-state index contributed by atoms with van der Waals surface area (Å²) in [5.41, 5.74) is 0.433. The van der Waals surface area contributed by atoms with E-state index in [0.717, 1.165) is 23.7 Å². The van der Waals surface area contributed by atoms with Crippen LogP contribution in [0.4, 0.5) is 5.69 Å². The van der Waals surface area contributed by atoms with Gasteiger partial charge in [-0.1, -0.05) is 12.2 Å². The number of ether oxygens (including phenoxy) is 2. The molecule has 2 aliphatic rings. The van der Waals surface area contributed by atoms with Gasteiger partial charge in [-0.05, 0) is 45.8 Å². The highest BCUT2D eigenvalue weighted by Gasteiger charge is 2.29. The van der Waals surface area contributed by atoms with Crippen LogP contribution in [0.1, 0.15) is 40.0 Å². The van der Waals surface area contributed by atoms with Crippen LogP contribution < -0.4 is 21.2 Å². The van der Waals surface area contributed by atoms with Gasteiger partial charge in [0.15, 0.2) is 11.5 Å². The van der Waals surface area contributed by atoms with Gasteiger partial charge < -0.3 is 18.8 Å². The molecule has 150 valence electrons. The maximum atomic E-state index is 12.4. The zero-order chi connectivity index (χ0) is 20.5. The minimum Gasteiger partial charge on any atom is -0.493 e. The molecule has 0 aromatic carbocycles. The molecule has 1 aromatic rings. The average Bonchev–Trinajstić information content (AvgIpc) is 2.65. The van der Waals surface area contributed by atoms with E-state index in [1.165, 1.54) is 6.07 Å². The summed E-state index contributed by atoms with van der Waals surface area (Å²) in [6, 6.07) is 1.42. The van der Waals surface area contributed by atoms with Gasteiger partial charge in [0.25, 0.3) is 0 Å². The number of hydrogen-bond donors (Lipinski definition) is 0. The molecule has 0 radical (unpaired) electrons. The maximum absolute atomic E-state index is 12.4. The highest BCUT2D eigenvalue weighted by molar-refractivity contribution is 5.76. The van der Waals surface area contributed by atoms with Crippen LogP contribution in [-0.4, -0.2) is 26.2 Å². The van der Waals surface area contributed by atoms with Gasteiger partial charge in [0, 0.05) is 24.8 Å². The SMILES string of the molecule is COC1=C(OC(=O)C(C)(C)C)CC(N(C)c2cc(=O)oc3c2=CCCC=3)C=C1. The molecule has 1 atom stereocenters. The Hall–Kier alpha value is -2.76. The van der Waals surface area contributed by atoms with Crippen molar-refractivity contribution in [2.75, 3.05) is 19.1 Å². The summed E-state index contributed by atoms with van der Waals surface area (Å²) in [5.74, 6) is 0.723. The van der Waals surface area contributed by atoms with Crippen molar-refractivity contribution in [1.29, 1.82) is 0 Å². The number of hydrogen-bond acceptors (Lipinski definition) is 6. The molecule has 1 heterocycles. The minimum atomic E-state index is -0.614. The second-order valence-corrected chi connectivity index (χ2v) is 8.09. The van der Waals surface area contributed by atoms with Gasteiger partial charge in [-0.2, -0.15) is 0 Å². The van der Waals surface area contributed by atoms with Crippen LogP contribution in [0.3, 0.4) is 0 Å². The number of fused-ring (bicyclic) bond motifs is 1. The molecule has 1 aromatic heterocycles. The number of carbonyl (C=O) groups excluding carboxylic acids is 1. The van der Waals surface area contributed by atoms with Crippen molar-refractivity contribution in [3.63, 3.8) is 0 Å². The topological polar surface area (TPSA) is 69.0 Å². The Kier molecular flexibility index (Phi) is 5.49. The Morgan fingerprint density at radius 3 is 2.64 bits per heavy atom.